The zero-order valence-corrected chi connectivity index (χ0v) is 6.05. The number of ether oxygens (including phenoxy) is 1. The van der Waals surface area contributed by atoms with Gasteiger partial charge in [-0.1, -0.05) is 13.1 Å². The second-order valence-corrected chi connectivity index (χ2v) is 2.41. The topological polar surface area (TPSA) is 24.6 Å². The highest BCUT2D eigenvalue weighted by Gasteiger charge is 2.30. The molecule has 2 atom stereocenters. The van der Waals surface area contributed by atoms with Gasteiger partial charge in [0.2, 0.25) is 0 Å². The Morgan fingerprint density at radius 2 is 2.56 bits per heavy atom. The van der Waals surface area contributed by atoms with E-state index in [0.29, 0.717) is 12.1 Å². The molecule has 1 rings (SSSR count). The van der Waals surface area contributed by atoms with E-state index in [4.69, 9.17) is 4.74 Å². The first-order valence-corrected chi connectivity index (χ1v) is 3.45. The van der Waals surface area contributed by atoms with E-state index in [1.807, 2.05) is 7.05 Å². The molecular weight excluding hydrogens is 113 g/mol. The van der Waals surface area contributed by atoms with E-state index in [1.165, 1.54) is 0 Å². The molecule has 0 aromatic rings. The van der Waals surface area contributed by atoms with Crippen molar-refractivity contribution in [2.75, 3.05) is 13.7 Å². The number of nitrogens with one attached hydrogen (secondary N) is 1. The molecule has 1 N–H and O–H groups in total. The van der Waals surface area contributed by atoms with Gasteiger partial charge in [-0.15, -0.1) is 0 Å². The third-order valence-electron chi connectivity index (χ3n) is 1.67. The van der Waals surface area contributed by atoms with Crippen LogP contribution in [0.15, 0.2) is 0 Å². The highest BCUT2D eigenvalue weighted by molar-refractivity contribution is 6.33. The van der Waals surface area contributed by atoms with Gasteiger partial charge in [-0.2, -0.15) is 0 Å². The van der Waals surface area contributed by atoms with E-state index in [0.717, 1.165) is 12.9 Å². The predicted octanol–water partition coefficient (Wildman–Crippen LogP) is 0.144. The van der Waals surface area contributed by atoms with Crippen molar-refractivity contribution in [2.24, 2.45) is 0 Å². The second-order valence-electron chi connectivity index (χ2n) is 2.41. The fraction of sp³-hybridized carbons (Fsp3) is 1.00. The normalized spacial score (nSPS) is 27.6. The van der Waals surface area contributed by atoms with Crippen LogP contribution >= 0.6 is 0 Å². The maximum atomic E-state index is 5.13. The van der Waals surface area contributed by atoms with Gasteiger partial charge < -0.3 is 10.1 Å². The quantitative estimate of drug-likeness (QED) is 0.428. The summed E-state index contributed by atoms with van der Waals surface area (Å²) in [6, 6.07) is 0.551. The summed E-state index contributed by atoms with van der Waals surface area (Å²) in [6.45, 7) is 3.02. The molecule has 51 valence electrons. The first-order valence-electron chi connectivity index (χ1n) is 3.45. The fourth-order valence-corrected chi connectivity index (χ4v) is 0.997. The molecule has 1 radical (unpaired) electrons. The molecule has 1 saturated heterocycles. The third kappa shape index (κ3) is 1.99. The first-order chi connectivity index (χ1) is 4.38. The van der Waals surface area contributed by atoms with E-state index in [9.17, 15) is 0 Å². The highest BCUT2D eigenvalue weighted by atomic mass is 16.6. The minimum Gasteiger partial charge on any atom is -0.371 e. The highest BCUT2D eigenvalue weighted by Crippen LogP contribution is 2.15. The van der Waals surface area contributed by atoms with E-state index >= 15 is 0 Å². The lowest BCUT2D eigenvalue weighted by atomic mass is 9.74. The van der Waals surface area contributed by atoms with E-state index in [2.05, 4.69) is 19.4 Å². The molecule has 2 unspecified atom stereocenters. The summed E-state index contributed by atoms with van der Waals surface area (Å²) in [4.78, 5) is 0. The Morgan fingerprint density at radius 1 is 1.89 bits per heavy atom. The van der Waals surface area contributed by atoms with Gasteiger partial charge >= 0.3 is 0 Å². The number of rotatable bonds is 4. The SMILES string of the molecule is C[B]CC(NC)C1CO1. The van der Waals surface area contributed by atoms with Crippen LogP contribution in [0.25, 0.3) is 0 Å². The Bertz CT molecular complexity index is 85.1. The Morgan fingerprint density at radius 3 is 2.89 bits per heavy atom. The van der Waals surface area contributed by atoms with Crippen LogP contribution in [0.1, 0.15) is 0 Å². The number of hydrogen-bond donors (Lipinski definition) is 1. The molecule has 1 fully saturated rings. The molecule has 1 heterocycles. The fourth-order valence-electron chi connectivity index (χ4n) is 0.997. The van der Waals surface area contributed by atoms with Gasteiger partial charge in [0.05, 0.1) is 12.7 Å². The van der Waals surface area contributed by atoms with Crippen molar-refractivity contribution in [3.8, 4) is 0 Å². The van der Waals surface area contributed by atoms with Crippen molar-refractivity contribution in [1.82, 2.24) is 5.32 Å². The summed E-state index contributed by atoms with van der Waals surface area (Å²) in [5, 5.41) is 3.21. The lowest BCUT2D eigenvalue weighted by molar-refractivity contribution is 0.361. The zero-order chi connectivity index (χ0) is 6.69. The second kappa shape index (κ2) is 3.23. The number of likely N-dealkylation sites (N-methyl/N-ethyl adjacent to an activating group) is 1. The first kappa shape index (κ1) is 7.10. The molecule has 1 aliphatic heterocycles. The standard InChI is InChI=1S/C6H13BNO/c1-7-3-5(8-2)6-4-9-6/h5-6,8H,3-4H2,1-2H3. The molecule has 3 heteroatoms. The van der Waals surface area contributed by atoms with Crippen LogP contribution in [0.3, 0.4) is 0 Å². The van der Waals surface area contributed by atoms with Crippen molar-refractivity contribution < 1.29 is 4.74 Å². The lowest BCUT2D eigenvalue weighted by Gasteiger charge is -2.10. The summed E-state index contributed by atoms with van der Waals surface area (Å²) in [7, 11) is 4.15. The van der Waals surface area contributed by atoms with Gasteiger partial charge in [0.1, 0.15) is 7.28 Å². The smallest absolute Gasteiger partial charge is 0.107 e. The average molecular weight is 126 g/mol. The minimum atomic E-state index is 0.492. The monoisotopic (exact) mass is 126 g/mol. The average Bonchev–Trinajstić information content (AvgIpc) is 2.64. The van der Waals surface area contributed by atoms with Gasteiger partial charge in [-0.05, 0) is 7.05 Å². The molecule has 0 aliphatic carbocycles. The largest absolute Gasteiger partial charge is 0.371 e. The third-order valence-corrected chi connectivity index (χ3v) is 1.67. The van der Waals surface area contributed by atoms with Gasteiger partial charge in [0, 0.05) is 6.04 Å². The van der Waals surface area contributed by atoms with E-state index in [1.54, 1.807) is 0 Å². The Kier molecular flexibility index (Phi) is 2.55. The van der Waals surface area contributed by atoms with Crippen LogP contribution in [0.5, 0.6) is 0 Å². The lowest BCUT2D eigenvalue weighted by Crippen LogP contribution is -2.31. The van der Waals surface area contributed by atoms with Crippen LogP contribution < -0.4 is 5.32 Å². The van der Waals surface area contributed by atoms with Gasteiger partial charge in [0.25, 0.3) is 0 Å². The molecule has 9 heavy (non-hydrogen) atoms. The van der Waals surface area contributed by atoms with Crippen molar-refractivity contribution in [3.05, 3.63) is 0 Å². The summed E-state index contributed by atoms with van der Waals surface area (Å²) in [5.74, 6) is 0. The Hall–Kier alpha value is -0.0151. The van der Waals surface area contributed by atoms with Crippen LogP contribution in [0, 0.1) is 0 Å². The number of hydrogen-bond acceptors (Lipinski definition) is 2. The summed E-state index contributed by atoms with van der Waals surface area (Å²) >= 11 is 0. The summed E-state index contributed by atoms with van der Waals surface area (Å²) < 4.78 is 5.13. The summed E-state index contributed by atoms with van der Waals surface area (Å²) in [5.41, 5.74) is 0. The van der Waals surface area contributed by atoms with Crippen molar-refractivity contribution >= 4 is 7.28 Å². The molecular formula is C6H13BNO. The van der Waals surface area contributed by atoms with Crippen LogP contribution in [0.4, 0.5) is 0 Å². The van der Waals surface area contributed by atoms with Gasteiger partial charge in [-0.25, -0.2) is 0 Å². The van der Waals surface area contributed by atoms with Gasteiger partial charge in [-0.3, -0.25) is 0 Å². The number of epoxide rings is 1. The molecule has 0 aromatic carbocycles. The molecule has 0 saturated carbocycles. The van der Waals surface area contributed by atoms with E-state index in [-0.39, 0.29) is 0 Å². The van der Waals surface area contributed by atoms with Crippen LogP contribution in [-0.2, 0) is 4.74 Å². The van der Waals surface area contributed by atoms with Crippen molar-refractivity contribution in [3.63, 3.8) is 0 Å². The Balaban J connectivity index is 2.12. The summed E-state index contributed by atoms with van der Waals surface area (Å²) in [6.07, 6.45) is 1.60. The molecule has 1 aliphatic rings. The molecule has 0 bridgehead atoms. The van der Waals surface area contributed by atoms with Crippen molar-refractivity contribution in [1.29, 1.82) is 0 Å². The van der Waals surface area contributed by atoms with Gasteiger partial charge in [0.15, 0.2) is 0 Å². The maximum Gasteiger partial charge on any atom is 0.107 e. The molecule has 0 amide bonds. The molecule has 2 nitrogen and oxygen atoms in total. The van der Waals surface area contributed by atoms with E-state index < -0.39 is 0 Å². The molecule has 0 aromatic heterocycles. The van der Waals surface area contributed by atoms with Crippen LogP contribution in [-0.4, -0.2) is 33.1 Å². The van der Waals surface area contributed by atoms with Crippen LogP contribution in [0.2, 0.25) is 13.1 Å². The Labute approximate surface area is 57.2 Å². The maximum absolute atomic E-state index is 5.13. The predicted molar refractivity (Wildman–Crippen MR) is 39.0 cm³/mol. The minimum absolute atomic E-state index is 0.492. The van der Waals surface area contributed by atoms with Crippen molar-refractivity contribution in [2.45, 2.75) is 25.3 Å². The zero-order valence-electron chi connectivity index (χ0n) is 6.05. The molecule has 0 spiro atoms.